The van der Waals surface area contributed by atoms with E-state index in [0.717, 1.165) is 38.5 Å². The van der Waals surface area contributed by atoms with Gasteiger partial charge in [0.1, 0.15) is 5.60 Å². The first kappa shape index (κ1) is 20.9. The van der Waals surface area contributed by atoms with E-state index in [1.807, 2.05) is 41.5 Å². The van der Waals surface area contributed by atoms with Crippen molar-refractivity contribution < 1.29 is 19.1 Å². The minimum atomic E-state index is -0.429. The van der Waals surface area contributed by atoms with Crippen molar-refractivity contribution in [1.29, 1.82) is 0 Å². The number of carbonyl (C=O) groups is 2. The van der Waals surface area contributed by atoms with E-state index < -0.39 is 5.60 Å². The second-order valence-corrected chi connectivity index (χ2v) is 6.78. The van der Waals surface area contributed by atoms with Gasteiger partial charge in [-0.25, -0.2) is 0 Å². The Labute approximate surface area is 135 Å². The van der Waals surface area contributed by atoms with E-state index >= 15 is 0 Å². The normalized spacial score (nSPS) is 14.3. The third kappa shape index (κ3) is 9.06. The Morgan fingerprint density at radius 3 is 1.68 bits per heavy atom. The van der Waals surface area contributed by atoms with Crippen molar-refractivity contribution in [2.45, 2.75) is 85.7 Å². The van der Waals surface area contributed by atoms with Crippen LogP contribution in [0.1, 0.15) is 80.1 Å². The molecule has 4 nitrogen and oxygen atoms in total. The average Bonchev–Trinajstić information content (AvgIpc) is 2.41. The van der Waals surface area contributed by atoms with Crippen LogP contribution in [0.15, 0.2) is 0 Å². The molecule has 0 bridgehead atoms. The Bertz CT molecular complexity index is 330. The lowest BCUT2D eigenvalue weighted by molar-refractivity contribution is -0.160. The van der Waals surface area contributed by atoms with Gasteiger partial charge in [0.15, 0.2) is 0 Å². The Balaban J connectivity index is 4.14. The second-order valence-electron chi connectivity index (χ2n) is 6.78. The first-order valence-electron chi connectivity index (χ1n) is 8.64. The molecule has 2 atom stereocenters. The van der Waals surface area contributed by atoms with E-state index in [0.29, 0.717) is 6.61 Å². The maximum atomic E-state index is 12.1. The van der Waals surface area contributed by atoms with E-state index in [4.69, 9.17) is 9.47 Å². The fraction of sp³-hybridized carbons (Fsp3) is 0.889. The van der Waals surface area contributed by atoms with Crippen LogP contribution in [-0.2, 0) is 19.1 Å². The molecule has 0 N–H and O–H groups in total. The molecule has 0 amide bonds. The lowest BCUT2D eigenvalue weighted by Gasteiger charge is -2.23. The summed E-state index contributed by atoms with van der Waals surface area (Å²) in [4.78, 5) is 23.8. The van der Waals surface area contributed by atoms with Crippen LogP contribution in [0.5, 0.6) is 0 Å². The maximum Gasteiger partial charge on any atom is 0.309 e. The Morgan fingerprint density at radius 2 is 1.32 bits per heavy atom. The summed E-state index contributed by atoms with van der Waals surface area (Å²) in [6.07, 6.45) is 5.14. The molecule has 0 radical (unpaired) electrons. The molecule has 0 fully saturated rings. The van der Waals surface area contributed by atoms with E-state index in [-0.39, 0.29) is 23.8 Å². The van der Waals surface area contributed by atoms with Gasteiger partial charge in [-0.05, 0) is 53.4 Å². The predicted octanol–water partition coefficient (Wildman–Crippen LogP) is 4.50. The van der Waals surface area contributed by atoms with Crippen molar-refractivity contribution in [2.75, 3.05) is 6.61 Å². The highest BCUT2D eigenvalue weighted by molar-refractivity contribution is 5.73. The summed E-state index contributed by atoms with van der Waals surface area (Å²) in [5, 5.41) is 0. The van der Waals surface area contributed by atoms with Crippen molar-refractivity contribution in [2.24, 2.45) is 11.8 Å². The minimum absolute atomic E-state index is 0.0125. The first-order chi connectivity index (χ1) is 10.2. The van der Waals surface area contributed by atoms with Gasteiger partial charge in [-0.3, -0.25) is 9.59 Å². The predicted molar refractivity (Wildman–Crippen MR) is 88.5 cm³/mol. The molecule has 4 heteroatoms. The van der Waals surface area contributed by atoms with Crippen molar-refractivity contribution in [3.8, 4) is 0 Å². The standard InChI is InChI=1S/C18H34O4/c1-7-14(16(19)21-9-3)12-10-11-13-15(8-2)17(20)22-18(4,5)6/h14-15H,7-13H2,1-6H3. The molecule has 0 spiro atoms. The van der Waals surface area contributed by atoms with Crippen LogP contribution < -0.4 is 0 Å². The van der Waals surface area contributed by atoms with Crippen LogP contribution in [0.4, 0.5) is 0 Å². The van der Waals surface area contributed by atoms with Gasteiger partial charge in [0.25, 0.3) is 0 Å². The highest BCUT2D eigenvalue weighted by atomic mass is 16.6. The van der Waals surface area contributed by atoms with Gasteiger partial charge in [0, 0.05) is 0 Å². The molecule has 0 saturated carbocycles. The van der Waals surface area contributed by atoms with Crippen LogP contribution in [0.2, 0.25) is 0 Å². The zero-order valence-electron chi connectivity index (χ0n) is 15.2. The van der Waals surface area contributed by atoms with Crippen LogP contribution in [0.3, 0.4) is 0 Å². The average molecular weight is 314 g/mol. The van der Waals surface area contributed by atoms with Gasteiger partial charge >= 0.3 is 11.9 Å². The third-order valence-corrected chi connectivity index (χ3v) is 3.70. The molecule has 0 saturated heterocycles. The van der Waals surface area contributed by atoms with Gasteiger partial charge < -0.3 is 9.47 Å². The van der Waals surface area contributed by atoms with Crippen LogP contribution in [0.25, 0.3) is 0 Å². The van der Waals surface area contributed by atoms with E-state index in [1.165, 1.54) is 0 Å². The maximum absolute atomic E-state index is 12.1. The number of hydrogen-bond donors (Lipinski definition) is 0. The highest BCUT2D eigenvalue weighted by Crippen LogP contribution is 2.21. The van der Waals surface area contributed by atoms with Crippen LogP contribution >= 0.6 is 0 Å². The number of rotatable bonds is 10. The van der Waals surface area contributed by atoms with Gasteiger partial charge in [-0.15, -0.1) is 0 Å². The smallest absolute Gasteiger partial charge is 0.309 e. The Morgan fingerprint density at radius 1 is 0.864 bits per heavy atom. The largest absolute Gasteiger partial charge is 0.466 e. The monoisotopic (exact) mass is 314 g/mol. The zero-order valence-corrected chi connectivity index (χ0v) is 15.2. The summed E-state index contributed by atoms with van der Waals surface area (Å²) >= 11 is 0. The van der Waals surface area contributed by atoms with Gasteiger partial charge in [0.05, 0.1) is 18.4 Å². The fourth-order valence-electron chi connectivity index (χ4n) is 2.40. The van der Waals surface area contributed by atoms with E-state index in [2.05, 4.69) is 0 Å². The van der Waals surface area contributed by atoms with Crippen molar-refractivity contribution >= 4 is 11.9 Å². The number of carbonyl (C=O) groups excluding carboxylic acids is 2. The van der Waals surface area contributed by atoms with Crippen molar-refractivity contribution in [3.05, 3.63) is 0 Å². The third-order valence-electron chi connectivity index (χ3n) is 3.70. The molecular formula is C18H34O4. The summed E-state index contributed by atoms with van der Waals surface area (Å²) in [7, 11) is 0. The minimum Gasteiger partial charge on any atom is -0.466 e. The van der Waals surface area contributed by atoms with Crippen LogP contribution in [0, 0.1) is 11.8 Å². The molecule has 0 rings (SSSR count). The van der Waals surface area contributed by atoms with Crippen LogP contribution in [-0.4, -0.2) is 24.1 Å². The summed E-state index contributed by atoms with van der Waals surface area (Å²) in [6.45, 7) is 12.0. The van der Waals surface area contributed by atoms with E-state index in [9.17, 15) is 9.59 Å². The number of ether oxygens (including phenoxy) is 2. The van der Waals surface area contributed by atoms with Crippen molar-refractivity contribution in [1.82, 2.24) is 0 Å². The van der Waals surface area contributed by atoms with E-state index in [1.54, 1.807) is 0 Å². The Kier molecular flexibility index (Phi) is 10.1. The molecule has 22 heavy (non-hydrogen) atoms. The lowest BCUT2D eigenvalue weighted by Crippen LogP contribution is -2.28. The summed E-state index contributed by atoms with van der Waals surface area (Å²) in [5.41, 5.74) is -0.429. The summed E-state index contributed by atoms with van der Waals surface area (Å²) in [5.74, 6) is -0.250. The highest BCUT2D eigenvalue weighted by Gasteiger charge is 2.24. The quantitative estimate of drug-likeness (QED) is 0.440. The molecule has 2 unspecified atom stereocenters. The van der Waals surface area contributed by atoms with Crippen molar-refractivity contribution in [3.63, 3.8) is 0 Å². The van der Waals surface area contributed by atoms with Gasteiger partial charge in [0.2, 0.25) is 0 Å². The SMILES string of the molecule is CCOC(=O)C(CC)CCCCC(CC)C(=O)OC(C)(C)C. The molecule has 0 aliphatic heterocycles. The molecular weight excluding hydrogens is 280 g/mol. The number of esters is 2. The Hall–Kier alpha value is -1.06. The topological polar surface area (TPSA) is 52.6 Å². The fourth-order valence-corrected chi connectivity index (χ4v) is 2.40. The zero-order chi connectivity index (χ0) is 17.2. The molecule has 0 aliphatic rings. The van der Waals surface area contributed by atoms with Gasteiger partial charge in [-0.1, -0.05) is 26.7 Å². The molecule has 130 valence electrons. The molecule has 0 aromatic carbocycles. The van der Waals surface area contributed by atoms with Gasteiger partial charge in [-0.2, -0.15) is 0 Å². The number of unbranched alkanes of at least 4 members (excludes halogenated alkanes) is 1. The first-order valence-corrected chi connectivity index (χ1v) is 8.64. The lowest BCUT2D eigenvalue weighted by atomic mass is 9.94. The molecule has 0 aromatic heterocycles. The summed E-state index contributed by atoms with van der Waals surface area (Å²) < 4.78 is 10.5. The molecule has 0 heterocycles. The summed E-state index contributed by atoms with van der Waals surface area (Å²) in [6, 6.07) is 0. The number of hydrogen-bond acceptors (Lipinski definition) is 4. The molecule has 0 aromatic rings. The second kappa shape index (κ2) is 10.6. The molecule has 0 aliphatic carbocycles.